The standard InChI is InChI=1S/C17H17F3N2O3/c1-12(24-10-13-5-3-2-4-6-13)16(23)22-14-7-8-15(21-9-14)25-11-17(18,19)20/h2-9,12H,10-11H2,1H3,(H,22,23). The summed E-state index contributed by atoms with van der Waals surface area (Å²) in [4.78, 5) is 15.7. The summed E-state index contributed by atoms with van der Waals surface area (Å²) in [6.07, 6.45) is -3.92. The van der Waals surface area contributed by atoms with Crippen LogP contribution in [0, 0.1) is 0 Å². The smallest absolute Gasteiger partial charge is 0.422 e. The van der Waals surface area contributed by atoms with Crippen LogP contribution in [0.15, 0.2) is 48.7 Å². The van der Waals surface area contributed by atoms with Crippen molar-refractivity contribution < 1.29 is 27.4 Å². The number of rotatable bonds is 7. The maximum atomic E-state index is 12.1. The molecule has 1 aromatic carbocycles. The van der Waals surface area contributed by atoms with Crippen LogP contribution in [-0.2, 0) is 16.1 Å². The molecule has 2 rings (SSSR count). The first-order chi connectivity index (χ1) is 11.8. The van der Waals surface area contributed by atoms with Gasteiger partial charge >= 0.3 is 6.18 Å². The summed E-state index contributed by atoms with van der Waals surface area (Å²) >= 11 is 0. The lowest BCUT2D eigenvalue weighted by Gasteiger charge is -2.14. The molecule has 0 spiro atoms. The molecule has 0 fully saturated rings. The second-order valence-electron chi connectivity index (χ2n) is 5.22. The average molecular weight is 354 g/mol. The van der Waals surface area contributed by atoms with E-state index in [9.17, 15) is 18.0 Å². The first kappa shape index (κ1) is 18.7. The zero-order valence-electron chi connectivity index (χ0n) is 13.4. The number of amides is 1. The lowest BCUT2D eigenvalue weighted by molar-refractivity contribution is -0.154. The SMILES string of the molecule is CC(OCc1ccccc1)C(=O)Nc1ccc(OCC(F)(F)F)nc1. The first-order valence-corrected chi connectivity index (χ1v) is 7.45. The molecule has 8 heteroatoms. The second-order valence-corrected chi connectivity index (χ2v) is 5.22. The minimum atomic E-state index is -4.43. The molecule has 2 aromatic rings. The van der Waals surface area contributed by atoms with Crippen molar-refractivity contribution in [2.75, 3.05) is 11.9 Å². The summed E-state index contributed by atoms with van der Waals surface area (Å²) in [7, 11) is 0. The normalized spacial score (nSPS) is 12.5. The van der Waals surface area contributed by atoms with Crippen LogP contribution < -0.4 is 10.1 Å². The van der Waals surface area contributed by atoms with E-state index >= 15 is 0 Å². The highest BCUT2D eigenvalue weighted by atomic mass is 19.4. The minimum absolute atomic E-state index is 0.177. The van der Waals surface area contributed by atoms with Gasteiger partial charge < -0.3 is 14.8 Å². The van der Waals surface area contributed by atoms with Gasteiger partial charge in [0.05, 0.1) is 18.5 Å². The Labute approximate surface area is 142 Å². The van der Waals surface area contributed by atoms with Gasteiger partial charge in [-0.15, -0.1) is 0 Å². The molecule has 25 heavy (non-hydrogen) atoms. The molecule has 0 saturated heterocycles. The first-order valence-electron chi connectivity index (χ1n) is 7.45. The summed E-state index contributed by atoms with van der Waals surface area (Å²) in [6.45, 7) is 0.473. The lowest BCUT2D eigenvalue weighted by atomic mass is 10.2. The third-order valence-electron chi connectivity index (χ3n) is 3.10. The van der Waals surface area contributed by atoms with Crippen molar-refractivity contribution in [3.05, 3.63) is 54.2 Å². The van der Waals surface area contributed by atoms with Crippen molar-refractivity contribution in [1.29, 1.82) is 0 Å². The number of alkyl halides is 3. The van der Waals surface area contributed by atoms with E-state index in [0.717, 1.165) is 5.56 Å². The highest BCUT2D eigenvalue weighted by Crippen LogP contribution is 2.18. The van der Waals surface area contributed by atoms with E-state index in [1.54, 1.807) is 6.92 Å². The number of pyridine rings is 1. The summed E-state index contributed by atoms with van der Waals surface area (Å²) in [5.74, 6) is -0.564. The van der Waals surface area contributed by atoms with Gasteiger partial charge in [0, 0.05) is 6.07 Å². The molecule has 0 aliphatic rings. The van der Waals surface area contributed by atoms with Crippen LogP contribution >= 0.6 is 0 Å². The highest BCUT2D eigenvalue weighted by molar-refractivity contribution is 5.93. The third kappa shape index (κ3) is 6.80. The maximum absolute atomic E-state index is 12.1. The largest absolute Gasteiger partial charge is 0.468 e. The summed E-state index contributed by atoms with van der Waals surface area (Å²) < 4.78 is 46.1. The molecule has 1 atom stereocenters. The van der Waals surface area contributed by atoms with E-state index in [-0.39, 0.29) is 18.4 Å². The van der Waals surface area contributed by atoms with Crippen LogP contribution in [0.5, 0.6) is 5.88 Å². The fourth-order valence-corrected chi connectivity index (χ4v) is 1.81. The Morgan fingerprint density at radius 1 is 1.20 bits per heavy atom. The molecule has 1 heterocycles. The monoisotopic (exact) mass is 354 g/mol. The predicted octanol–water partition coefficient (Wildman–Crippen LogP) is 3.57. The van der Waals surface area contributed by atoms with Crippen molar-refractivity contribution in [1.82, 2.24) is 4.98 Å². The molecular weight excluding hydrogens is 337 g/mol. The Morgan fingerprint density at radius 3 is 2.52 bits per heavy atom. The van der Waals surface area contributed by atoms with Crippen molar-refractivity contribution in [2.24, 2.45) is 0 Å². The van der Waals surface area contributed by atoms with Gasteiger partial charge in [-0.05, 0) is 18.6 Å². The zero-order valence-corrected chi connectivity index (χ0v) is 13.4. The summed E-state index contributed by atoms with van der Waals surface area (Å²) in [5, 5.41) is 2.57. The number of ether oxygens (including phenoxy) is 2. The van der Waals surface area contributed by atoms with Crippen LogP contribution in [0.2, 0.25) is 0 Å². The number of carbonyl (C=O) groups is 1. The van der Waals surface area contributed by atoms with Crippen molar-refractivity contribution in [3.63, 3.8) is 0 Å². The van der Waals surface area contributed by atoms with Crippen LogP contribution in [0.25, 0.3) is 0 Å². The Morgan fingerprint density at radius 2 is 1.92 bits per heavy atom. The fraction of sp³-hybridized carbons (Fsp3) is 0.294. The van der Waals surface area contributed by atoms with Crippen LogP contribution in [0.1, 0.15) is 12.5 Å². The number of benzene rings is 1. The topological polar surface area (TPSA) is 60.5 Å². The number of aromatic nitrogens is 1. The molecule has 1 N–H and O–H groups in total. The fourth-order valence-electron chi connectivity index (χ4n) is 1.81. The molecule has 0 bridgehead atoms. The van der Waals surface area contributed by atoms with Crippen LogP contribution in [0.4, 0.5) is 18.9 Å². The van der Waals surface area contributed by atoms with Crippen LogP contribution in [0.3, 0.4) is 0 Å². The molecule has 1 amide bonds. The quantitative estimate of drug-likeness (QED) is 0.826. The van der Waals surface area contributed by atoms with Gasteiger partial charge in [-0.25, -0.2) is 4.98 Å². The Hall–Kier alpha value is -2.61. The number of hydrogen-bond acceptors (Lipinski definition) is 4. The van der Waals surface area contributed by atoms with E-state index in [1.165, 1.54) is 18.3 Å². The number of hydrogen-bond donors (Lipinski definition) is 1. The van der Waals surface area contributed by atoms with Gasteiger partial charge in [-0.1, -0.05) is 30.3 Å². The third-order valence-corrected chi connectivity index (χ3v) is 3.10. The van der Waals surface area contributed by atoms with Gasteiger partial charge in [-0.2, -0.15) is 13.2 Å². The summed E-state index contributed by atoms with van der Waals surface area (Å²) in [6, 6.07) is 12.0. The van der Waals surface area contributed by atoms with E-state index in [2.05, 4.69) is 15.0 Å². The molecule has 1 unspecified atom stereocenters. The number of nitrogens with one attached hydrogen (secondary N) is 1. The molecular formula is C17H17F3N2O3. The maximum Gasteiger partial charge on any atom is 0.422 e. The second kappa shape index (κ2) is 8.48. The Balaban J connectivity index is 1.81. The highest BCUT2D eigenvalue weighted by Gasteiger charge is 2.28. The Bertz CT molecular complexity index is 676. The lowest BCUT2D eigenvalue weighted by Crippen LogP contribution is -2.27. The molecule has 0 radical (unpaired) electrons. The van der Waals surface area contributed by atoms with Gasteiger partial charge in [-0.3, -0.25) is 4.79 Å². The number of halogens is 3. The number of carbonyl (C=O) groups excluding carboxylic acids is 1. The van der Waals surface area contributed by atoms with Gasteiger partial charge in [0.15, 0.2) is 6.61 Å². The summed E-state index contributed by atoms with van der Waals surface area (Å²) in [5.41, 5.74) is 1.27. The molecule has 134 valence electrons. The average Bonchev–Trinajstić information content (AvgIpc) is 2.59. The molecule has 1 aromatic heterocycles. The van der Waals surface area contributed by atoms with Gasteiger partial charge in [0.25, 0.3) is 5.91 Å². The van der Waals surface area contributed by atoms with E-state index < -0.39 is 18.9 Å². The van der Waals surface area contributed by atoms with E-state index in [0.29, 0.717) is 5.69 Å². The number of nitrogens with zero attached hydrogens (tertiary/aromatic N) is 1. The van der Waals surface area contributed by atoms with Crippen molar-refractivity contribution in [2.45, 2.75) is 25.8 Å². The van der Waals surface area contributed by atoms with E-state index in [1.807, 2.05) is 30.3 Å². The van der Waals surface area contributed by atoms with Crippen molar-refractivity contribution >= 4 is 11.6 Å². The number of anilines is 1. The van der Waals surface area contributed by atoms with E-state index in [4.69, 9.17) is 4.74 Å². The Kier molecular flexibility index (Phi) is 6.35. The van der Waals surface area contributed by atoms with Gasteiger partial charge in [0.2, 0.25) is 5.88 Å². The van der Waals surface area contributed by atoms with Crippen LogP contribution in [-0.4, -0.2) is 29.8 Å². The molecule has 5 nitrogen and oxygen atoms in total. The predicted molar refractivity (Wildman–Crippen MR) is 85.1 cm³/mol. The molecule has 0 aliphatic heterocycles. The minimum Gasteiger partial charge on any atom is -0.468 e. The molecule has 0 aliphatic carbocycles. The van der Waals surface area contributed by atoms with Crippen molar-refractivity contribution in [3.8, 4) is 5.88 Å². The zero-order chi connectivity index (χ0) is 18.3. The van der Waals surface area contributed by atoms with Gasteiger partial charge in [0.1, 0.15) is 6.10 Å². The molecule has 0 saturated carbocycles.